The van der Waals surface area contributed by atoms with Gasteiger partial charge >= 0.3 is 0 Å². The molecular formula is C11H10Cl2N2O. The molecule has 0 aliphatic carbocycles. The molecule has 0 spiro atoms. The summed E-state index contributed by atoms with van der Waals surface area (Å²) in [5.74, 6) is 0.00833. The molecule has 1 atom stereocenters. The van der Waals surface area contributed by atoms with Gasteiger partial charge in [-0.15, -0.1) is 0 Å². The molecule has 1 amide bonds. The van der Waals surface area contributed by atoms with Crippen molar-refractivity contribution in [3.63, 3.8) is 0 Å². The zero-order chi connectivity index (χ0) is 11.3. The van der Waals surface area contributed by atoms with Crippen molar-refractivity contribution in [2.75, 3.05) is 19.6 Å². The van der Waals surface area contributed by atoms with Gasteiger partial charge in [-0.1, -0.05) is 29.3 Å². The summed E-state index contributed by atoms with van der Waals surface area (Å²) >= 11 is 12.0. The summed E-state index contributed by atoms with van der Waals surface area (Å²) in [6.45, 7) is 2.35. The van der Waals surface area contributed by atoms with E-state index in [4.69, 9.17) is 23.2 Å². The summed E-state index contributed by atoms with van der Waals surface area (Å²) in [4.78, 5) is 14.0. The zero-order valence-corrected chi connectivity index (χ0v) is 9.98. The van der Waals surface area contributed by atoms with Crippen LogP contribution in [0.2, 0.25) is 10.0 Å². The SMILES string of the molecule is O=C1c2c(ccc(Cl)c2Cl)[C@H]2CNCCN12. The van der Waals surface area contributed by atoms with Gasteiger partial charge in [-0.05, 0) is 11.6 Å². The van der Waals surface area contributed by atoms with Crippen LogP contribution in [0.3, 0.4) is 0 Å². The van der Waals surface area contributed by atoms with E-state index in [2.05, 4.69) is 5.32 Å². The lowest BCUT2D eigenvalue weighted by atomic mass is 10.0. The molecule has 2 heterocycles. The molecule has 0 unspecified atom stereocenters. The van der Waals surface area contributed by atoms with Crippen molar-refractivity contribution in [1.82, 2.24) is 10.2 Å². The number of piperazine rings is 1. The lowest BCUT2D eigenvalue weighted by molar-refractivity contribution is 0.0691. The second kappa shape index (κ2) is 3.62. The Balaban J connectivity index is 2.17. The average Bonchev–Trinajstić information content (AvgIpc) is 2.59. The normalized spacial score (nSPS) is 23.2. The molecule has 1 aromatic carbocycles. The molecule has 84 valence electrons. The van der Waals surface area contributed by atoms with Crippen LogP contribution in [-0.2, 0) is 0 Å². The summed E-state index contributed by atoms with van der Waals surface area (Å²) in [6, 6.07) is 3.78. The van der Waals surface area contributed by atoms with Gasteiger partial charge in [0.25, 0.3) is 5.91 Å². The van der Waals surface area contributed by atoms with Gasteiger partial charge in [0.2, 0.25) is 0 Å². The number of hydrogen-bond donors (Lipinski definition) is 1. The minimum Gasteiger partial charge on any atom is -0.329 e. The number of rotatable bonds is 0. The average molecular weight is 257 g/mol. The Morgan fingerprint density at radius 2 is 2.19 bits per heavy atom. The highest BCUT2D eigenvalue weighted by Crippen LogP contribution is 2.40. The molecule has 2 aliphatic heterocycles. The van der Waals surface area contributed by atoms with E-state index in [1.54, 1.807) is 6.07 Å². The van der Waals surface area contributed by atoms with Crippen LogP contribution in [0.4, 0.5) is 0 Å². The van der Waals surface area contributed by atoms with Crippen LogP contribution in [0.1, 0.15) is 22.0 Å². The highest BCUT2D eigenvalue weighted by atomic mass is 35.5. The third kappa shape index (κ3) is 1.29. The number of benzene rings is 1. The number of nitrogens with one attached hydrogen (secondary N) is 1. The third-order valence-electron chi connectivity index (χ3n) is 3.20. The molecule has 1 N–H and O–H groups in total. The van der Waals surface area contributed by atoms with Gasteiger partial charge < -0.3 is 10.2 Å². The number of amides is 1. The van der Waals surface area contributed by atoms with Gasteiger partial charge in [0.15, 0.2) is 0 Å². The standard InChI is InChI=1S/C11H10Cl2N2O/c12-7-2-1-6-8-5-14-3-4-15(8)11(16)9(6)10(7)13/h1-2,8,14H,3-5H2/t8-/m1/s1. The van der Waals surface area contributed by atoms with Crippen LogP contribution in [0, 0.1) is 0 Å². The number of carbonyl (C=O) groups excluding carboxylic acids is 1. The van der Waals surface area contributed by atoms with E-state index in [9.17, 15) is 4.79 Å². The smallest absolute Gasteiger partial charge is 0.256 e. The van der Waals surface area contributed by atoms with Crippen LogP contribution in [0.25, 0.3) is 0 Å². The van der Waals surface area contributed by atoms with Crippen molar-refractivity contribution >= 4 is 29.1 Å². The van der Waals surface area contributed by atoms with E-state index >= 15 is 0 Å². The molecule has 0 saturated carbocycles. The first-order chi connectivity index (χ1) is 7.70. The second-order valence-electron chi connectivity index (χ2n) is 4.04. The minimum absolute atomic E-state index is 0.00833. The monoisotopic (exact) mass is 256 g/mol. The first-order valence-corrected chi connectivity index (χ1v) is 5.95. The van der Waals surface area contributed by atoms with E-state index in [0.717, 1.165) is 25.2 Å². The lowest BCUT2D eigenvalue weighted by Crippen LogP contribution is -2.44. The van der Waals surface area contributed by atoms with Crippen molar-refractivity contribution in [2.24, 2.45) is 0 Å². The number of nitrogens with zero attached hydrogens (tertiary/aromatic N) is 1. The Kier molecular flexibility index (Phi) is 2.35. The Bertz CT molecular complexity index is 475. The van der Waals surface area contributed by atoms with Crippen molar-refractivity contribution in [1.29, 1.82) is 0 Å². The molecule has 16 heavy (non-hydrogen) atoms. The van der Waals surface area contributed by atoms with E-state index in [1.807, 2.05) is 11.0 Å². The number of fused-ring (bicyclic) bond motifs is 3. The molecule has 3 nitrogen and oxygen atoms in total. The molecule has 5 heteroatoms. The molecule has 0 bridgehead atoms. The summed E-state index contributed by atoms with van der Waals surface area (Å²) in [7, 11) is 0. The second-order valence-corrected chi connectivity index (χ2v) is 4.83. The Labute approximate surface area is 103 Å². The largest absolute Gasteiger partial charge is 0.329 e. The van der Waals surface area contributed by atoms with E-state index in [-0.39, 0.29) is 11.9 Å². The van der Waals surface area contributed by atoms with E-state index in [1.165, 1.54) is 0 Å². The van der Waals surface area contributed by atoms with Gasteiger partial charge in [0, 0.05) is 19.6 Å². The Hall–Kier alpha value is -0.770. The van der Waals surface area contributed by atoms with Crippen molar-refractivity contribution in [3.8, 4) is 0 Å². The van der Waals surface area contributed by atoms with Crippen LogP contribution in [0.5, 0.6) is 0 Å². The quantitative estimate of drug-likeness (QED) is 0.771. The van der Waals surface area contributed by atoms with E-state index < -0.39 is 0 Å². The molecule has 1 fully saturated rings. The molecule has 0 aromatic heterocycles. The predicted octanol–water partition coefficient (Wildman–Crippen LogP) is 2.09. The molecule has 1 aromatic rings. The third-order valence-corrected chi connectivity index (χ3v) is 4.01. The summed E-state index contributed by atoms with van der Waals surface area (Å²) in [5, 5.41) is 4.12. The Morgan fingerprint density at radius 3 is 3.00 bits per heavy atom. The number of halogens is 2. The fraction of sp³-hybridized carbons (Fsp3) is 0.364. The van der Waals surface area contributed by atoms with Gasteiger partial charge in [0.05, 0.1) is 21.7 Å². The van der Waals surface area contributed by atoms with Gasteiger partial charge in [-0.3, -0.25) is 4.79 Å². The van der Waals surface area contributed by atoms with Crippen LogP contribution in [0.15, 0.2) is 12.1 Å². The maximum Gasteiger partial charge on any atom is 0.256 e. The highest BCUT2D eigenvalue weighted by Gasteiger charge is 2.39. The summed E-state index contributed by atoms with van der Waals surface area (Å²) in [5.41, 5.74) is 1.58. The fourth-order valence-corrected chi connectivity index (χ4v) is 2.84. The first kappa shape index (κ1) is 10.4. The number of carbonyl (C=O) groups is 1. The maximum absolute atomic E-state index is 12.2. The lowest BCUT2D eigenvalue weighted by Gasteiger charge is -2.30. The molecule has 3 rings (SSSR count). The van der Waals surface area contributed by atoms with Gasteiger partial charge in [0.1, 0.15) is 0 Å². The van der Waals surface area contributed by atoms with E-state index in [0.29, 0.717) is 15.6 Å². The maximum atomic E-state index is 12.2. The number of hydrogen-bond acceptors (Lipinski definition) is 2. The Morgan fingerprint density at radius 1 is 1.38 bits per heavy atom. The fourth-order valence-electron chi connectivity index (χ4n) is 2.43. The van der Waals surface area contributed by atoms with Crippen molar-refractivity contribution in [3.05, 3.63) is 33.3 Å². The summed E-state index contributed by atoms with van der Waals surface area (Å²) < 4.78 is 0. The van der Waals surface area contributed by atoms with Gasteiger partial charge in [-0.25, -0.2) is 0 Å². The zero-order valence-electron chi connectivity index (χ0n) is 8.46. The van der Waals surface area contributed by atoms with Crippen molar-refractivity contribution in [2.45, 2.75) is 6.04 Å². The highest BCUT2D eigenvalue weighted by molar-refractivity contribution is 6.44. The van der Waals surface area contributed by atoms with Crippen molar-refractivity contribution < 1.29 is 4.79 Å². The molecule has 1 saturated heterocycles. The van der Waals surface area contributed by atoms with Crippen LogP contribution in [-0.4, -0.2) is 30.4 Å². The molecule has 2 aliphatic rings. The van der Waals surface area contributed by atoms with Gasteiger partial charge in [-0.2, -0.15) is 0 Å². The topological polar surface area (TPSA) is 32.3 Å². The predicted molar refractivity (Wildman–Crippen MR) is 63.1 cm³/mol. The summed E-state index contributed by atoms with van der Waals surface area (Å²) in [6.07, 6.45) is 0. The minimum atomic E-state index is 0.00833. The van der Waals surface area contributed by atoms with Crippen LogP contribution >= 0.6 is 23.2 Å². The first-order valence-electron chi connectivity index (χ1n) is 5.19. The van der Waals surface area contributed by atoms with Crippen LogP contribution < -0.4 is 5.32 Å². The molecular weight excluding hydrogens is 247 g/mol. The molecule has 0 radical (unpaired) electrons.